The highest BCUT2D eigenvalue weighted by atomic mass is 16.5. The molecule has 0 bridgehead atoms. The van der Waals surface area contributed by atoms with Crippen LogP contribution in [-0.4, -0.2) is 57.8 Å². The third kappa shape index (κ3) is 3.91. The van der Waals surface area contributed by atoms with Crippen LogP contribution in [0.15, 0.2) is 30.6 Å². The molecule has 2 aliphatic heterocycles. The van der Waals surface area contributed by atoms with E-state index in [4.69, 9.17) is 19.4 Å². The number of ether oxygens (including phenoxy) is 2. The van der Waals surface area contributed by atoms with Crippen LogP contribution in [0.2, 0.25) is 0 Å². The minimum absolute atomic E-state index is 0.0908. The molecule has 3 aromatic heterocycles. The van der Waals surface area contributed by atoms with Gasteiger partial charge in [0.25, 0.3) is 0 Å². The molecule has 5 heterocycles. The first-order valence-corrected chi connectivity index (χ1v) is 11.0. The number of anilines is 1. The van der Waals surface area contributed by atoms with Gasteiger partial charge in [-0.25, -0.2) is 9.67 Å². The van der Waals surface area contributed by atoms with Crippen LogP contribution in [0, 0.1) is 0 Å². The molecule has 0 spiro atoms. The number of pyridine rings is 2. The van der Waals surface area contributed by atoms with Crippen LogP contribution in [-0.2, 0) is 15.1 Å². The number of morpholine rings is 1. The fraction of sp³-hybridized carbons (Fsp3) is 0.522. The minimum atomic E-state index is -1.02. The van der Waals surface area contributed by atoms with Gasteiger partial charge in [-0.05, 0) is 56.9 Å². The Kier molecular flexibility index (Phi) is 5.37. The smallest absolute Gasteiger partial charge is 0.150 e. The summed E-state index contributed by atoms with van der Waals surface area (Å²) in [6, 6.07) is 5.89. The van der Waals surface area contributed by atoms with Crippen molar-refractivity contribution in [3.05, 3.63) is 36.2 Å². The highest BCUT2D eigenvalue weighted by Gasteiger charge is 2.26. The Hall–Kier alpha value is -2.55. The zero-order chi connectivity index (χ0) is 21.4. The molecule has 3 aromatic rings. The summed E-state index contributed by atoms with van der Waals surface area (Å²) in [6.45, 7) is 7.25. The SMILES string of the molecule is CC(C)(O)c1cc(N2CCOCC2)nc2c(-c3ccnn3C3CCCCO3)nccc12. The fourth-order valence-electron chi connectivity index (χ4n) is 4.43. The van der Waals surface area contributed by atoms with Gasteiger partial charge in [-0.1, -0.05) is 0 Å². The van der Waals surface area contributed by atoms with Crippen LogP contribution >= 0.6 is 0 Å². The van der Waals surface area contributed by atoms with Crippen LogP contribution in [0.1, 0.15) is 44.9 Å². The van der Waals surface area contributed by atoms with Crippen molar-refractivity contribution in [2.45, 2.75) is 44.9 Å². The van der Waals surface area contributed by atoms with Gasteiger partial charge in [0, 0.05) is 37.5 Å². The molecule has 8 heteroatoms. The molecular weight excluding hydrogens is 394 g/mol. The van der Waals surface area contributed by atoms with E-state index in [-0.39, 0.29) is 6.23 Å². The first kappa shape index (κ1) is 20.4. The van der Waals surface area contributed by atoms with Crippen LogP contribution in [0.3, 0.4) is 0 Å². The number of aliphatic hydroxyl groups is 1. The van der Waals surface area contributed by atoms with Gasteiger partial charge in [-0.15, -0.1) is 0 Å². The van der Waals surface area contributed by atoms with Crippen LogP contribution in [0.4, 0.5) is 5.82 Å². The lowest BCUT2D eigenvalue weighted by Gasteiger charge is -2.30. The molecule has 2 aliphatic rings. The molecule has 1 N–H and O–H groups in total. The van der Waals surface area contributed by atoms with Crippen molar-refractivity contribution in [1.82, 2.24) is 19.7 Å². The second-order valence-electron chi connectivity index (χ2n) is 8.72. The van der Waals surface area contributed by atoms with E-state index in [2.05, 4.69) is 10.00 Å². The van der Waals surface area contributed by atoms with E-state index in [0.717, 1.165) is 72.6 Å². The van der Waals surface area contributed by atoms with Crippen molar-refractivity contribution in [2.24, 2.45) is 0 Å². The van der Waals surface area contributed by atoms with E-state index in [0.29, 0.717) is 13.2 Å². The zero-order valence-corrected chi connectivity index (χ0v) is 18.1. The molecule has 1 unspecified atom stereocenters. The monoisotopic (exact) mass is 423 g/mol. The standard InChI is InChI=1S/C23H29N5O3/c1-23(2,29)17-15-19(27-10-13-30-14-11-27)26-21-16(17)6-8-24-22(21)18-7-9-25-28(18)20-5-3-4-12-31-20/h6-9,15,20,29H,3-5,10-14H2,1-2H3. The van der Waals surface area contributed by atoms with Gasteiger partial charge in [0.05, 0.1) is 24.5 Å². The molecule has 0 radical (unpaired) electrons. The maximum Gasteiger partial charge on any atom is 0.150 e. The largest absolute Gasteiger partial charge is 0.386 e. The molecule has 2 saturated heterocycles. The van der Waals surface area contributed by atoms with Gasteiger partial charge < -0.3 is 19.5 Å². The predicted molar refractivity (Wildman–Crippen MR) is 118 cm³/mol. The lowest BCUT2D eigenvalue weighted by molar-refractivity contribution is -0.0383. The summed E-state index contributed by atoms with van der Waals surface area (Å²) in [5.41, 5.74) is 2.22. The summed E-state index contributed by atoms with van der Waals surface area (Å²) >= 11 is 0. The summed E-state index contributed by atoms with van der Waals surface area (Å²) in [5.74, 6) is 0.835. The van der Waals surface area contributed by atoms with Gasteiger partial charge in [0.2, 0.25) is 0 Å². The quantitative estimate of drug-likeness (QED) is 0.689. The van der Waals surface area contributed by atoms with Crippen LogP contribution < -0.4 is 4.90 Å². The molecule has 0 saturated carbocycles. The second kappa shape index (κ2) is 8.18. The molecule has 31 heavy (non-hydrogen) atoms. The number of fused-ring (bicyclic) bond motifs is 1. The van der Waals surface area contributed by atoms with Gasteiger partial charge >= 0.3 is 0 Å². The second-order valence-corrected chi connectivity index (χ2v) is 8.72. The van der Waals surface area contributed by atoms with E-state index in [1.807, 2.05) is 36.7 Å². The fourth-order valence-corrected chi connectivity index (χ4v) is 4.43. The topological polar surface area (TPSA) is 85.5 Å². The molecule has 0 aliphatic carbocycles. The molecule has 5 rings (SSSR count). The average Bonchev–Trinajstić information content (AvgIpc) is 3.28. The molecule has 164 valence electrons. The lowest BCUT2D eigenvalue weighted by Crippen LogP contribution is -2.37. The van der Waals surface area contributed by atoms with E-state index < -0.39 is 5.60 Å². The zero-order valence-electron chi connectivity index (χ0n) is 18.1. The predicted octanol–water partition coefficient (Wildman–Crippen LogP) is 3.26. The number of hydrogen-bond acceptors (Lipinski definition) is 7. The Bertz CT molecular complexity index is 1060. The third-order valence-electron chi connectivity index (χ3n) is 6.05. The van der Waals surface area contributed by atoms with Crippen LogP contribution in [0.5, 0.6) is 0 Å². The van der Waals surface area contributed by atoms with E-state index in [1.165, 1.54) is 0 Å². The summed E-state index contributed by atoms with van der Waals surface area (Å²) in [6.07, 6.45) is 6.61. The number of nitrogens with zero attached hydrogens (tertiary/aromatic N) is 5. The lowest BCUT2D eigenvalue weighted by atomic mass is 9.94. The Morgan fingerprint density at radius 1 is 1.10 bits per heavy atom. The minimum Gasteiger partial charge on any atom is -0.386 e. The number of aromatic nitrogens is 4. The van der Waals surface area contributed by atoms with Gasteiger partial charge in [-0.2, -0.15) is 5.10 Å². The summed E-state index contributed by atoms with van der Waals surface area (Å²) in [7, 11) is 0. The first-order valence-electron chi connectivity index (χ1n) is 11.0. The van der Waals surface area contributed by atoms with Crippen LogP contribution in [0.25, 0.3) is 22.3 Å². The number of rotatable bonds is 4. The van der Waals surface area contributed by atoms with Crippen molar-refractivity contribution in [3.8, 4) is 11.4 Å². The summed E-state index contributed by atoms with van der Waals surface area (Å²) in [5, 5.41) is 16.4. The van der Waals surface area contributed by atoms with Gasteiger partial charge in [0.15, 0.2) is 6.23 Å². The maximum atomic E-state index is 11.0. The maximum absolute atomic E-state index is 11.0. The molecule has 0 amide bonds. The Labute approximate surface area is 181 Å². The van der Waals surface area contributed by atoms with E-state index >= 15 is 0 Å². The van der Waals surface area contributed by atoms with Crippen molar-refractivity contribution >= 4 is 16.7 Å². The Balaban J connectivity index is 1.69. The van der Waals surface area contributed by atoms with E-state index in [1.54, 1.807) is 12.4 Å². The highest BCUT2D eigenvalue weighted by molar-refractivity contribution is 5.94. The van der Waals surface area contributed by atoms with Crippen molar-refractivity contribution in [1.29, 1.82) is 0 Å². The number of hydrogen-bond donors (Lipinski definition) is 1. The molecular formula is C23H29N5O3. The van der Waals surface area contributed by atoms with Crippen molar-refractivity contribution in [3.63, 3.8) is 0 Å². The normalized spacial score (nSPS) is 20.4. The average molecular weight is 424 g/mol. The Morgan fingerprint density at radius 2 is 1.94 bits per heavy atom. The molecule has 0 aromatic carbocycles. The first-order chi connectivity index (χ1) is 15.0. The van der Waals surface area contributed by atoms with Crippen molar-refractivity contribution < 1.29 is 14.6 Å². The Morgan fingerprint density at radius 3 is 2.68 bits per heavy atom. The molecule has 1 atom stereocenters. The molecule has 8 nitrogen and oxygen atoms in total. The van der Waals surface area contributed by atoms with Gasteiger partial charge in [-0.3, -0.25) is 4.98 Å². The summed E-state index contributed by atoms with van der Waals surface area (Å²) < 4.78 is 13.4. The molecule has 2 fully saturated rings. The highest BCUT2D eigenvalue weighted by Crippen LogP contribution is 2.36. The van der Waals surface area contributed by atoms with Gasteiger partial charge in [0.1, 0.15) is 17.0 Å². The van der Waals surface area contributed by atoms with E-state index in [9.17, 15) is 5.11 Å². The van der Waals surface area contributed by atoms with Crippen molar-refractivity contribution in [2.75, 3.05) is 37.8 Å². The third-order valence-corrected chi connectivity index (χ3v) is 6.05. The summed E-state index contributed by atoms with van der Waals surface area (Å²) in [4.78, 5) is 11.9.